The number of benzene rings is 1. The summed E-state index contributed by atoms with van der Waals surface area (Å²) in [6.07, 6.45) is 0.825. The Balaban J connectivity index is 1.53. The summed E-state index contributed by atoms with van der Waals surface area (Å²) >= 11 is 0.950. The maximum Gasteiger partial charge on any atom is 0.340 e. The number of thiophene rings is 1. The Morgan fingerprint density at radius 2 is 1.89 bits per heavy atom. The van der Waals surface area contributed by atoms with E-state index < -0.39 is 21.8 Å². The molecule has 1 N–H and O–H groups in total. The van der Waals surface area contributed by atoms with E-state index in [4.69, 9.17) is 18.9 Å². The van der Waals surface area contributed by atoms with Gasteiger partial charge in [-0.25, -0.2) is 13.2 Å². The van der Waals surface area contributed by atoms with Gasteiger partial charge in [0.25, 0.3) is 15.9 Å². The molecule has 0 radical (unpaired) electrons. The molecule has 0 aliphatic carbocycles. The van der Waals surface area contributed by atoms with Crippen LogP contribution in [0.3, 0.4) is 0 Å². The van der Waals surface area contributed by atoms with Crippen LogP contribution in [0.5, 0.6) is 5.75 Å². The van der Waals surface area contributed by atoms with Crippen molar-refractivity contribution in [2.75, 3.05) is 40.0 Å². The van der Waals surface area contributed by atoms with Gasteiger partial charge in [0.05, 0.1) is 39.0 Å². The van der Waals surface area contributed by atoms with E-state index in [-0.39, 0.29) is 41.9 Å². The lowest BCUT2D eigenvalue weighted by molar-refractivity contribution is -0.179. The third-order valence-electron chi connectivity index (χ3n) is 5.87. The first-order valence-electron chi connectivity index (χ1n) is 11.3. The second-order valence-corrected chi connectivity index (χ2v) is 11.3. The Bertz CT molecular complexity index is 1180. The van der Waals surface area contributed by atoms with Gasteiger partial charge in [0.1, 0.15) is 9.96 Å². The molecule has 4 rings (SSSR count). The normalized spacial score (nSPS) is 17.9. The Labute approximate surface area is 208 Å². The van der Waals surface area contributed by atoms with Crippen LogP contribution in [0.15, 0.2) is 34.5 Å². The molecule has 0 atom stereocenters. The molecular formula is C23H28N2O8S2. The average Bonchev–Trinajstić information content (AvgIpc) is 3.51. The van der Waals surface area contributed by atoms with Gasteiger partial charge in [-0.2, -0.15) is 4.31 Å². The second-order valence-electron chi connectivity index (χ2n) is 8.06. The summed E-state index contributed by atoms with van der Waals surface area (Å²) in [5.41, 5.74) is 0.370. The Kier molecular flexibility index (Phi) is 7.77. The number of sulfonamides is 1. The number of ether oxygens (including phenoxy) is 4. The molecule has 2 aliphatic rings. The van der Waals surface area contributed by atoms with Crippen LogP contribution in [-0.4, -0.2) is 70.4 Å². The van der Waals surface area contributed by atoms with E-state index in [0.29, 0.717) is 42.2 Å². The summed E-state index contributed by atoms with van der Waals surface area (Å²) < 4.78 is 49.9. The minimum atomic E-state index is -3.97. The lowest BCUT2D eigenvalue weighted by Gasteiger charge is -2.36. The zero-order valence-electron chi connectivity index (χ0n) is 19.6. The molecule has 10 nitrogen and oxygen atoms in total. The molecule has 1 amide bonds. The monoisotopic (exact) mass is 524 g/mol. The van der Waals surface area contributed by atoms with Gasteiger partial charge in [0.15, 0.2) is 5.79 Å². The Hall–Kier alpha value is -2.51. The first kappa shape index (κ1) is 25.6. The first-order chi connectivity index (χ1) is 16.8. The molecule has 3 heterocycles. The van der Waals surface area contributed by atoms with Crippen molar-refractivity contribution in [3.63, 3.8) is 0 Å². The number of hydrogen-bond donors (Lipinski definition) is 1. The number of esters is 1. The highest BCUT2D eigenvalue weighted by Gasteiger charge is 2.43. The number of carbonyl (C=O) groups is 2. The summed E-state index contributed by atoms with van der Waals surface area (Å²) in [5.74, 6) is -1.24. The molecule has 190 valence electrons. The minimum absolute atomic E-state index is 0.0314. The van der Waals surface area contributed by atoms with E-state index in [0.717, 1.165) is 11.3 Å². The zero-order chi connectivity index (χ0) is 25.1. The molecule has 2 aromatic rings. The van der Waals surface area contributed by atoms with Crippen LogP contribution in [0.25, 0.3) is 0 Å². The lowest BCUT2D eigenvalue weighted by Crippen LogP contribution is -2.47. The first-order valence-corrected chi connectivity index (χ1v) is 13.5. The zero-order valence-corrected chi connectivity index (χ0v) is 21.2. The van der Waals surface area contributed by atoms with Gasteiger partial charge in [-0.15, -0.1) is 11.3 Å². The van der Waals surface area contributed by atoms with Crippen molar-refractivity contribution < 1.29 is 37.0 Å². The average molecular weight is 525 g/mol. The number of nitrogens with one attached hydrogen (secondary N) is 1. The van der Waals surface area contributed by atoms with Crippen LogP contribution in [0.4, 0.5) is 0 Å². The maximum atomic E-state index is 13.5. The van der Waals surface area contributed by atoms with Gasteiger partial charge < -0.3 is 24.3 Å². The number of hydrogen-bond acceptors (Lipinski definition) is 9. The van der Waals surface area contributed by atoms with E-state index in [2.05, 4.69) is 5.32 Å². The third kappa shape index (κ3) is 5.51. The fourth-order valence-electron chi connectivity index (χ4n) is 4.06. The predicted molar refractivity (Wildman–Crippen MR) is 127 cm³/mol. The molecule has 0 unspecified atom stereocenters. The molecule has 1 aromatic heterocycles. The highest BCUT2D eigenvalue weighted by atomic mass is 32.2. The fourth-order valence-corrected chi connectivity index (χ4v) is 7.25. The molecule has 35 heavy (non-hydrogen) atoms. The maximum absolute atomic E-state index is 13.5. The minimum Gasteiger partial charge on any atom is -0.497 e. The number of carbonyl (C=O) groups excluding carboxylic acids is 2. The van der Waals surface area contributed by atoms with E-state index in [1.54, 1.807) is 31.2 Å². The molecule has 2 saturated heterocycles. The summed E-state index contributed by atoms with van der Waals surface area (Å²) in [5, 5.41) is 2.76. The summed E-state index contributed by atoms with van der Waals surface area (Å²) in [6, 6.07) is 8.15. The van der Waals surface area contributed by atoms with Crippen molar-refractivity contribution in [2.45, 2.75) is 36.3 Å². The molecule has 0 bridgehead atoms. The number of amides is 1. The summed E-state index contributed by atoms with van der Waals surface area (Å²) in [4.78, 5) is 25.7. The molecule has 0 saturated carbocycles. The van der Waals surface area contributed by atoms with Crippen LogP contribution in [0.1, 0.15) is 45.4 Å². The molecule has 12 heteroatoms. The number of piperidine rings is 1. The van der Waals surface area contributed by atoms with Gasteiger partial charge in [-0.1, -0.05) is 6.07 Å². The number of methoxy groups -OCH3 is 1. The quantitative estimate of drug-likeness (QED) is 0.523. The van der Waals surface area contributed by atoms with Crippen molar-refractivity contribution in [3.8, 4) is 5.75 Å². The standard InChI is InChI=1S/C23H28N2O8S2/c1-3-31-21(27)19-14-18(15-24-20(26)16-5-4-6-17(13-16)30-2)34-22(19)35(28,29)25-9-7-23(8-10-25)32-11-12-33-23/h4-6,13-14H,3,7-12,15H2,1-2H3,(H,24,26). The van der Waals surface area contributed by atoms with Crippen LogP contribution in [0.2, 0.25) is 0 Å². The molecule has 1 aromatic carbocycles. The topological polar surface area (TPSA) is 120 Å². The fraction of sp³-hybridized carbons (Fsp3) is 0.478. The van der Waals surface area contributed by atoms with E-state index in [1.165, 1.54) is 17.5 Å². The molecule has 2 fully saturated rings. The largest absolute Gasteiger partial charge is 0.497 e. The van der Waals surface area contributed by atoms with E-state index >= 15 is 0 Å². The smallest absolute Gasteiger partial charge is 0.340 e. The Morgan fingerprint density at radius 3 is 2.54 bits per heavy atom. The summed E-state index contributed by atoms with van der Waals surface area (Å²) in [7, 11) is -2.46. The number of rotatable bonds is 8. The van der Waals surface area contributed by atoms with Crippen molar-refractivity contribution in [2.24, 2.45) is 0 Å². The molecule has 2 aliphatic heterocycles. The van der Waals surface area contributed by atoms with E-state index in [1.807, 2.05) is 0 Å². The van der Waals surface area contributed by atoms with Crippen molar-refractivity contribution in [1.29, 1.82) is 0 Å². The van der Waals surface area contributed by atoms with E-state index in [9.17, 15) is 18.0 Å². The second kappa shape index (κ2) is 10.6. The van der Waals surface area contributed by atoms with Gasteiger partial charge in [-0.3, -0.25) is 4.79 Å². The lowest BCUT2D eigenvalue weighted by atomic mass is 10.1. The highest BCUT2D eigenvalue weighted by Crippen LogP contribution is 2.36. The van der Waals surface area contributed by atoms with Crippen LogP contribution < -0.4 is 10.1 Å². The SMILES string of the molecule is CCOC(=O)c1cc(CNC(=O)c2cccc(OC)c2)sc1S(=O)(=O)N1CCC2(CC1)OCCO2. The molecular weight excluding hydrogens is 496 g/mol. The molecule has 1 spiro atoms. The number of nitrogens with zero attached hydrogens (tertiary/aromatic N) is 1. The van der Waals surface area contributed by atoms with Crippen LogP contribution >= 0.6 is 11.3 Å². The highest BCUT2D eigenvalue weighted by molar-refractivity contribution is 7.91. The van der Waals surface area contributed by atoms with Gasteiger partial charge >= 0.3 is 5.97 Å². The third-order valence-corrected chi connectivity index (χ3v) is 9.42. The summed E-state index contributed by atoms with van der Waals surface area (Å²) in [6.45, 7) is 3.23. The van der Waals surface area contributed by atoms with Gasteiger partial charge in [0.2, 0.25) is 0 Å². The van der Waals surface area contributed by atoms with Crippen LogP contribution in [-0.2, 0) is 30.8 Å². The predicted octanol–water partition coefficient (Wildman–Crippen LogP) is 2.39. The van der Waals surface area contributed by atoms with Gasteiger partial charge in [0, 0.05) is 36.4 Å². The van der Waals surface area contributed by atoms with Crippen molar-refractivity contribution >= 4 is 33.2 Å². The Morgan fingerprint density at radius 1 is 1.17 bits per heavy atom. The van der Waals surface area contributed by atoms with Crippen molar-refractivity contribution in [1.82, 2.24) is 9.62 Å². The van der Waals surface area contributed by atoms with Gasteiger partial charge in [-0.05, 0) is 31.2 Å². The van der Waals surface area contributed by atoms with Crippen LogP contribution in [0, 0.1) is 0 Å². The van der Waals surface area contributed by atoms with Crippen molar-refractivity contribution in [3.05, 3.63) is 46.3 Å².